The molecule has 0 aliphatic carbocycles. The van der Waals surface area contributed by atoms with Gasteiger partial charge < -0.3 is 25.2 Å². The van der Waals surface area contributed by atoms with Crippen molar-refractivity contribution in [3.8, 4) is 0 Å². The highest BCUT2D eigenvalue weighted by Crippen LogP contribution is 2.12. The molecule has 2 N–H and O–H groups in total. The molecule has 0 spiro atoms. The van der Waals surface area contributed by atoms with Crippen LogP contribution in [-0.4, -0.2) is 104 Å². The molecule has 0 aromatic rings. The number of nitrogens with zero attached hydrogens (tertiary/aromatic N) is 4. The number of piperazine rings is 1. The minimum Gasteiger partial charge on any atom is -0.444 e. The molecule has 1 fully saturated rings. The summed E-state index contributed by atoms with van der Waals surface area (Å²) in [5.41, 5.74) is -0.435. The molecule has 8 heteroatoms. The number of guanidine groups is 1. The lowest BCUT2D eigenvalue weighted by Gasteiger charge is -2.35. The molecule has 1 aliphatic heterocycles. The zero-order chi connectivity index (χ0) is 23.3. The van der Waals surface area contributed by atoms with Crippen LogP contribution >= 0.6 is 0 Å². The van der Waals surface area contributed by atoms with Crippen LogP contribution in [0.25, 0.3) is 0 Å². The summed E-state index contributed by atoms with van der Waals surface area (Å²) < 4.78 is 5.46. The highest BCUT2D eigenvalue weighted by molar-refractivity contribution is 5.79. The van der Waals surface area contributed by atoms with Gasteiger partial charge >= 0.3 is 6.09 Å². The van der Waals surface area contributed by atoms with E-state index >= 15 is 0 Å². The first-order valence-electron chi connectivity index (χ1n) is 12.1. The van der Waals surface area contributed by atoms with Gasteiger partial charge in [-0.25, -0.2) is 4.79 Å². The largest absolute Gasteiger partial charge is 0.444 e. The van der Waals surface area contributed by atoms with Crippen LogP contribution in [0.1, 0.15) is 60.8 Å². The van der Waals surface area contributed by atoms with Gasteiger partial charge in [0.25, 0.3) is 0 Å². The molecule has 182 valence electrons. The third-order valence-electron chi connectivity index (χ3n) is 5.58. The van der Waals surface area contributed by atoms with Crippen molar-refractivity contribution in [2.45, 2.75) is 72.4 Å². The zero-order valence-electron chi connectivity index (χ0n) is 21.2. The van der Waals surface area contributed by atoms with Crippen molar-refractivity contribution >= 4 is 12.1 Å². The topological polar surface area (TPSA) is 72.4 Å². The molecule has 0 aromatic carbocycles. The van der Waals surface area contributed by atoms with E-state index in [1.54, 1.807) is 0 Å². The molecule has 0 aromatic heterocycles. The van der Waals surface area contributed by atoms with Crippen molar-refractivity contribution in [2.24, 2.45) is 4.99 Å². The minimum absolute atomic E-state index is 0.199. The van der Waals surface area contributed by atoms with Gasteiger partial charge in [-0.05, 0) is 73.1 Å². The number of nitrogens with one attached hydrogen (secondary N) is 2. The lowest BCUT2D eigenvalue weighted by molar-refractivity contribution is 0.0145. The van der Waals surface area contributed by atoms with Crippen molar-refractivity contribution < 1.29 is 9.53 Å². The van der Waals surface area contributed by atoms with E-state index in [2.05, 4.69) is 46.2 Å². The van der Waals surface area contributed by atoms with E-state index in [4.69, 9.17) is 4.74 Å². The Kier molecular flexibility index (Phi) is 12.9. The van der Waals surface area contributed by atoms with Crippen LogP contribution in [0.4, 0.5) is 4.79 Å². The fourth-order valence-corrected chi connectivity index (χ4v) is 3.65. The maximum absolute atomic E-state index is 12.2. The van der Waals surface area contributed by atoms with Crippen LogP contribution in [0.2, 0.25) is 0 Å². The fourth-order valence-electron chi connectivity index (χ4n) is 3.65. The zero-order valence-corrected chi connectivity index (χ0v) is 21.2. The number of hydrogen-bond acceptors (Lipinski definition) is 5. The van der Waals surface area contributed by atoms with E-state index in [9.17, 15) is 4.79 Å². The van der Waals surface area contributed by atoms with Crippen LogP contribution in [0.3, 0.4) is 0 Å². The van der Waals surface area contributed by atoms with E-state index in [-0.39, 0.29) is 6.09 Å². The van der Waals surface area contributed by atoms with Crippen LogP contribution in [0.15, 0.2) is 4.99 Å². The number of amides is 1. The summed E-state index contributed by atoms with van der Waals surface area (Å²) in [5.74, 6) is 0.880. The second-order valence-corrected chi connectivity index (χ2v) is 9.38. The van der Waals surface area contributed by atoms with Gasteiger partial charge in [0, 0.05) is 45.8 Å². The molecule has 0 saturated carbocycles. The van der Waals surface area contributed by atoms with E-state index in [1.165, 1.54) is 6.42 Å². The number of aliphatic imine (C=N–C) groups is 1. The van der Waals surface area contributed by atoms with E-state index in [0.29, 0.717) is 6.04 Å². The van der Waals surface area contributed by atoms with Crippen molar-refractivity contribution in [3.63, 3.8) is 0 Å². The predicted molar refractivity (Wildman–Crippen MR) is 130 cm³/mol. The van der Waals surface area contributed by atoms with Crippen molar-refractivity contribution in [2.75, 3.05) is 66.0 Å². The van der Waals surface area contributed by atoms with Crippen LogP contribution in [0, 0.1) is 0 Å². The number of rotatable bonds is 11. The molecular formula is C23H48N6O2. The Morgan fingerprint density at radius 1 is 1.13 bits per heavy atom. The Bertz CT molecular complexity index is 523. The third-order valence-corrected chi connectivity index (χ3v) is 5.58. The summed E-state index contributed by atoms with van der Waals surface area (Å²) in [6.45, 7) is 21.0. The Balaban J connectivity index is 2.17. The second-order valence-electron chi connectivity index (χ2n) is 9.38. The van der Waals surface area contributed by atoms with E-state index < -0.39 is 5.60 Å². The van der Waals surface area contributed by atoms with Crippen LogP contribution in [0.5, 0.6) is 0 Å². The summed E-state index contributed by atoms with van der Waals surface area (Å²) >= 11 is 0. The maximum Gasteiger partial charge on any atom is 0.410 e. The molecule has 31 heavy (non-hydrogen) atoms. The van der Waals surface area contributed by atoms with Gasteiger partial charge in [0.1, 0.15) is 5.60 Å². The predicted octanol–water partition coefficient (Wildman–Crippen LogP) is 2.60. The quantitative estimate of drug-likeness (QED) is 0.292. The van der Waals surface area contributed by atoms with Crippen molar-refractivity contribution in [1.82, 2.24) is 25.3 Å². The molecule has 0 bridgehead atoms. The summed E-state index contributed by atoms with van der Waals surface area (Å²) in [6, 6.07) is 0.405. The fraction of sp³-hybridized carbons (Fsp3) is 0.913. The van der Waals surface area contributed by atoms with Crippen LogP contribution < -0.4 is 10.6 Å². The molecule has 1 rings (SSSR count). The third kappa shape index (κ3) is 12.2. The first-order chi connectivity index (χ1) is 14.7. The number of carbonyl (C=O) groups excluding carboxylic acids is 1. The van der Waals surface area contributed by atoms with Gasteiger partial charge in [-0.15, -0.1) is 0 Å². The molecule has 8 nitrogen and oxygen atoms in total. The Labute approximate surface area is 190 Å². The molecule has 1 atom stereocenters. The molecule has 1 heterocycles. The van der Waals surface area contributed by atoms with Crippen LogP contribution in [-0.2, 0) is 4.74 Å². The summed E-state index contributed by atoms with van der Waals surface area (Å²) in [4.78, 5) is 23.2. The standard InChI is InChI=1S/C23H48N6O2/c1-8-27(9-2)14-10-12-20(3)26-21(24-7)25-13-11-15-28-16-18-29(19-17-28)22(30)31-23(4,5)6/h20H,8-19H2,1-7H3,(H2,24,25,26). The molecule has 1 unspecified atom stereocenters. The van der Waals surface area contributed by atoms with Gasteiger partial charge in [-0.2, -0.15) is 0 Å². The smallest absolute Gasteiger partial charge is 0.410 e. The van der Waals surface area contributed by atoms with Gasteiger partial charge in [-0.3, -0.25) is 9.89 Å². The average Bonchev–Trinajstić information content (AvgIpc) is 2.72. The van der Waals surface area contributed by atoms with Gasteiger partial charge in [0.05, 0.1) is 0 Å². The molecule has 0 radical (unpaired) electrons. The van der Waals surface area contributed by atoms with Crippen molar-refractivity contribution in [1.29, 1.82) is 0 Å². The van der Waals surface area contributed by atoms with Crippen molar-refractivity contribution in [3.05, 3.63) is 0 Å². The maximum atomic E-state index is 12.2. The summed E-state index contributed by atoms with van der Waals surface area (Å²) in [6.07, 6.45) is 3.18. The van der Waals surface area contributed by atoms with Gasteiger partial charge in [-0.1, -0.05) is 13.8 Å². The lowest BCUT2D eigenvalue weighted by Crippen LogP contribution is -2.50. The minimum atomic E-state index is -0.435. The molecule has 1 amide bonds. The lowest BCUT2D eigenvalue weighted by atomic mass is 10.2. The Morgan fingerprint density at radius 3 is 2.32 bits per heavy atom. The highest BCUT2D eigenvalue weighted by atomic mass is 16.6. The summed E-state index contributed by atoms with van der Waals surface area (Å²) in [7, 11) is 1.83. The SMILES string of the molecule is CCN(CC)CCCC(C)NC(=NC)NCCCN1CCN(C(=O)OC(C)(C)C)CC1. The van der Waals surface area contributed by atoms with E-state index in [0.717, 1.165) is 77.7 Å². The molecule has 1 aliphatic rings. The Hall–Kier alpha value is -1.54. The number of ether oxygens (including phenoxy) is 1. The molecule has 1 saturated heterocycles. The monoisotopic (exact) mass is 440 g/mol. The Morgan fingerprint density at radius 2 is 1.77 bits per heavy atom. The first kappa shape index (κ1) is 27.5. The first-order valence-corrected chi connectivity index (χ1v) is 12.1. The van der Waals surface area contributed by atoms with Gasteiger partial charge in [0.15, 0.2) is 5.96 Å². The molecular weight excluding hydrogens is 392 g/mol. The number of hydrogen-bond donors (Lipinski definition) is 2. The average molecular weight is 441 g/mol. The highest BCUT2D eigenvalue weighted by Gasteiger charge is 2.25. The van der Waals surface area contributed by atoms with E-state index in [1.807, 2.05) is 32.7 Å². The summed E-state index contributed by atoms with van der Waals surface area (Å²) in [5, 5.41) is 6.93. The normalized spacial score (nSPS) is 17.0. The van der Waals surface area contributed by atoms with Gasteiger partial charge in [0.2, 0.25) is 0 Å². The second kappa shape index (κ2) is 14.5. The number of carbonyl (C=O) groups is 1.